The third kappa shape index (κ3) is 3.19. The topological polar surface area (TPSA) is 40.5 Å². The largest absolute Gasteiger partial charge is 0.396 e. The molecule has 1 fully saturated rings. The fourth-order valence-corrected chi connectivity index (χ4v) is 4.15. The van der Waals surface area contributed by atoms with E-state index in [-0.39, 0.29) is 17.9 Å². The lowest BCUT2D eigenvalue weighted by Crippen LogP contribution is -2.44. The van der Waals surface area contributed by atoms with E-state index in [9.17, 15) is 9.90 Å². The summed E-state index contributed by atoms with van der Waals surface area (Å²) in [7, 11) is 0. The van der Waals surface area contributed by atoms with E-state index >= 15 is 0 Å². The Bertz CT molecular complexity index is 651. The van der Waals surface area contributed by atoms with Crippen LogP contribution in [0.15, 0.2) is 41.8 Å². The molecule has 1 N–H and O–H groups in total. The van der Waals surface area contributed by atoms with Gasteiger partial charge in [0.1, 0.15) is 0 Å². The number of hydrogen-bond donors (Lipinski definition) is 1. The molecule has 2 aromatic rings. The summed E-state index contributed by atoms with van der Waals surface area (Å²) >= 11 is 1.52. The maximum absolute atomic E-state index is 12.9. The average Bonchev–Trinajstić information content (AvgIpc) is 3.11. The van der Waals surface area contributed by atoms with Crippen LogP contribution in [0.3, 0.4) is 0 Å². The molecule has 0 atom stereocenters. The van der Waals surface area contributed by atoms with Crippen molar-refractivity contribution in [3.8, 4) is 11.1 Å². The van der Waals surface area contributed by atoms with Crippen molar-refractivity contribution in [2.45, 2.75) is 26.2 Å². The van der Waals surface area contributed by atoms with Crippen LogP contribution in [0.4, 0.5) is 0 Å². The fourth-order valence-electron chi connectivity index (χ4n) is 3.27. The first-order valence-corrected chi connectivity index (χ1v) is 9.10. The van der Waals surface area contributed by atoms with Gasteiger partial charge in [-0.05, 0) is 41.7 Å². The van der Waals surface area contributed by atoms with Crippen LogP contribution in [-0.4, -0.2) is 35.6 Å². The highest BCUT2D eigenvalue weighted by Crippen LogP contribution is 2.36. The van der Waals surface area contributed by atoms with Gasteiger partial charge in [0.05, 0.1) is 4.88 Å². The van der Waals surface area contributed by atoms with Crippen molar-refractivity contribution in [3.05, 3.63) is 46.7 Å². The van der Waals surface area contributed by atoms with Crippen molar-refractivity contribution in [2.75, 3.05) is 19.7 Å². The monoisotopic (exact) mass is 329 g/mol. The molecule has 23 heavy (non-hydrogen) atoms. The summed E-state index contributed by atoms with van der Waals surface area (Å²) in [6.07, 6.45) is 2.75. The van der Waals surface area contributed by atoms with Crippen molar-refractivity contribution in [1.82, 2.24) is 4.90 Å². The molecule has 1 aromatic heterocycles. The molecule has 0 aliphatic carbocycles. The zero-order chi connectivity index (χ0) is 16.3. The number of benzene rings is 1. The van der Waals surface area contributed by atoms with Crippen LogP contribution < -0.4 is 0 Å². The van der Waals surface area contributed by atoms with Gasteiger partial charge in [-0.25, -0.2) is 0 Å². The first kappa shape index (κ1) is 16.2. The Labute approximate surface area is 141 Å². The maximum atomic E-state index is 12.9. The van der Waals surface area contributed by atoms with Crippen LogP contribution in [0.5, 0.6) is 0 Å². The Balaban J connectivity index is 1.77. The standard InChI is InChI=1S/C19H23NO2S/c1-2-19(14-21)9-11-20(12-10-19)18(22)17-16(8-13-23-17)15-6-4-3-5-7-15/h3-8,13,21H,2,9-12,14H2,1H3. The summed E-state index contributed by atoms with van der Waals surface area (Å²) < 4.78 is 0. The number of aliphatic hydroxyl groups is 1. The Kier molecular flexibility index (Phi) is 4.83. The molecule has 0 unspecified atom stereocenters. The average molecular weight is 329 g/mol. The number of nitrogens with zero attached hydrogens (tertiary/aromatic N) is 1. The smallest absolute Gasteiger partial charge is 0.264 e. The van der Waals surface area contributed by atoms with Crippen molar-refractivity contribution < 1.29 is 9.90 Å². The lowest BCUT2D eigenvalue weighted by Gasteiger charge is -2.40. The molecule has 1 aliphatic rings. The second-order valence-corrected chi connectivity index (χ2v) is 7.25. The summed E-state index contributed by atoms with van der Waals surface area (Å²) in [5.74, 6) is 0.126. The highest BCUT2D eigenvalue weighted by Gasteiger charge is 2.34. The highest BCUT2D eigenvalue weighted by molar-refractivity contribution is 7.12. The maximum Gasteiger partial charge on any atom is 0.264 e. The van der Waals surface area contributed by atoms with Crippen molar-refractivity contribution >= 4 is 17.2 Å². The number of hydrogen-bond acceptors (Lipinski definition) is 3. The minimum Gasteiger partial charge on any atom is -0.396 e. The van der Waals surface area contributed by atoms with Gasteiger partial charge in [-0.1, -0.05) is 37.3 Å². The van der Waals surface area contributed by atoms with E-state index < -0.39 is 0 Å². The molecular formula is C19H23NO2S. The summed E-state index contributed by atoms with van der Waals surface area (Å²) in [6, 6.07) is 12.1. The van der Waals surface area contributed by atoms with Gasteiger partial charge in [0.25, 0.3) is 5.91 Å². The van der Waals surface area contributed by atoms with E-state index in [2.05, 4.69) is 6.92 Å². The lowest BCUT2D eigenvalue weighted by atomic mass is 9.77. The molecule has 0 bridgehead atoms. The Morgan fingerprint density at radius 3 is 2.52 bits per heavy atom. The van der Waals surface area contributed by atoms with Crippen LogP contribution in [-0.2, 0) is 0 Å². The van der Waals surface area contributed by atoms with Gasteiger partial charge in [0.15, 0.2) is 0 Å². The molecule has 1 aliphatic heterocycles. The van der Waals surface area contributed by atoms with E-state index in [1.165, 1.54) is 11.3 Å². The van der Waals surface area contributed by atoms with Gasteiger partial charge >= 0.3 is 0 Å². The first-order valence-electron chi connectivity index (χ1n) is 8.22. The third-order valence-electron chi connectivity index (χ3n) is 5.14. The quantitative estimate of drug-likeness (QED) is 0.919. The lowest BCUT2D eigenvalue weighted by molar-refractivity contribution is 0.0341. The second-order valence-electron chi connectivity index (χ2n) is 6.33. The van der Waals surface area contributed by atoms with Crippen molar-refractivity contribution in [2.24, 2.45) is 5.41 Å². The molecule has 3 rings (SSSR count). The number of piperidine rings is 1. The molecule has 1 saturated heterocycles. The van der Waals surface area contributed by atoms with Crippen molar-refractivity contribution in [1.29, 1.82) is 0 Å². The molecule has 1 amide bonds. The van der Waals surface area contributed by atoms with Gasteiger partial charge in [-0.2, -0.15) is 0 Å². The summed E-state index contributed by atoms with van der Waals surface area (Å²) in [5, 5.41) is 11.6. The Hall–Kier alpha value is -1.65. The van der Waals surface area contributed by atoms with E-state index in [0.29, 0.717) is 0 Å². The number of aliphatic hydroxyl groups excluding tert-OH is 1. The van der Waals surface area contributed by atoms with E-state index in [1.807, 2.05) is 46.7 Å². The molecule has 0 spiro atoms. The van der Waals surface area contributed by atoms with Gasteiger partial charge in [0, 0.05) is 25.3 Å². The van der Waals surface area contributed by atoms with E-state index in [4.69, 9.17) is 0 Å². The van der Waals surface area contributed by atoms with E-state index in [1.54, 1.807) is 0 Å². The number of carbonyl (C=O) groups excluding carboxylic acids is 1. The highest BCUT2D eigenvalue weighted by atomic mass is 32.1. The zero-order valence-corrected chi connectivity index (χ0v) is 14.3. The SMILES string of the molecule is CCC1(CO)CCN(C(=O)c2sccc2-c2ccccc2)CC1. The Morgan fingerprint density at radius 1 is 1.22 bits per heavy atom. The van der Waals surface area contributed by atoms with Crippen LogP contribution in [0.25, 0.3) is 11.1 Å². The minimum absolute atomic E-state index is 0.00842. The summed E-state index contributed by atoms with van der Waals surface area (Å²) in [4.78, 5) is 15.7. The predicted molar refractivity (Wildman–Crippen MR) is 94.7 cm³/mol. The first-order chi connectivity index (χ1) is 11.2. The number of thiophene rings is 1. The molecule has 0 saturated carbocycles. The van der Waals surface area contributed by atoms with Crippen LogP contribution >= 0.6 is 11.3 Å². The van der Waals surface area contributed by atoms with Crippen molar-refractivity contribution in [3.63, 3.8) is 0 Å². The van der Waals surface area contributed by atoms with Crippen LogP contribution in [0.2, 0.25) is 0 Å². The fraction of sp³-hybridized carbons (Fsp3) is 0.421. The Morgan fingerprint density at radius 2 is 1.91 bits per heavy atom. The van der Waals surface area contributed by atoms with Gasteiger partial charge < -0.3 is 10.0 Å². The third-order valence-corrected chi connectivity index (χ3v) is 6.04. The number of rotatable bonds is 4. The summed E-state index contributed by atoms with van der Waals surface area (Å²) in [6.45, 7) is 3.82. The van der Waals surface area contributed by atoms with Gasteiger partial charge in [0.2, 0.25) is 0 Å². The van der Waals surface area contributed by atoms with Crippen LogP contribution in [0, 0.1) is 5.41 Å². The minimum atomic E-state index is 0.00842. The second kappa shape index (κ2) is 6.85. The summed E-state index contributed by atoms with van der Waals surface area (Å²) in [5.41, 5.74) is 2.12. The van der Waals surface area contributed by atoms with E-state index in [0.717, 1.165) is 48.4 Å². The predicted octanol–water partition coefficient (Wildman–Crippen LogP) is 4.04. The number of carbonyl (C=O) groups is 1. The molecule has 1 aromatic carbocycles. The van der Waals surface area contributed by atoms with Crippen LogP contribution in [0.1, 0.15) is 35.9 Å². The molecule has 3 nitrogen and oxygen atoms in total. The number of amides is 1. The number of likely N-dealkylation sites (tertiary alicyclic amines) is 1. The molecule has 4 heteroatoms. The molecule has 2 heterocycles. The molecule has 0 radical (unpaired) electrons. The van der Waals surface area contributed by atoms with Gasteiger partial charge in [-0.15, -0.1) is 11.3 Å². The molecular weight excluding hydrogens is 306 g/mol. The normalized spacial score (nSPS) is 17.2. The molecule has 122 valence electrons. The van der Waals surface area contributed by atoms with Gasteiger partial charge in [-0.3, -0.25) is 4.79 Å². The zero-order valence-electron chi connectivity index (χ0n) is 13.5.